The first-order valence-corrected chi connectivity index (χ1v) is 15.8. The molecule has 2 fully saturated rings. The third kappa shape index (κ3) is 6.13. The SMILES string of the molecule is COC(=O)N1C[C@H](O)C[C@H]1C(=O)NCC[C@]1(O)C2=CC1CC(S(=O)(=O)c1cc(C(=O)Nc3cc(F)c(F)c(F)c3)ccc1Cl)C2. The van der Waals surface area contributed by atoms with Crippen LogP contribution in [-0.4, -0.2) is 84.6 Å². The van der Waals surface area contributed by atoms with E-state index < -0.39 is 74.1 Å². The average molecular weight is 672 g/mol. The van der Waals surface area contributed by atoms with Crippen LogP contribution in [0.15, 0.2) is 46.9 Å². The number of benzene rings is 2. The summed E-state index contributed by atoms with van der Waals surface area (Å²) in [4.78, 5) is 38.2. The minimum Gasteiger partial charge on any atom is -0.453 e. The van der Waals surface area contributed by atoms with Crippen LogP contribution >= 0.6 is 11.6 Å². The van der Waals surface area contributed by atoms with Crippen molar-refractivity contribution in [1.29, 1.82) is 0 Å². The second-order valence-electron chi connectivity index (χ2n) is 11.3. The van der Waals surface area contributed by atoms with E-state index in [-0.39, 0.29) is 59.9 Å². The van der Waals surface area contributed by atoms with E-state index in [0.717, 1.165) is 18.1 Å². The molecule has 2 unspecified atom stereocenters. The van der Waals surface area contributed by atoms with E-state index in [1.807, 2.05) is 0 Å². The van der Waals surface area contributed by atoms with Gasteiger partial charge in [-0.05, 0) is 43.0 Å². The van der Waals surface area contributed by atoms with E-state index in [9.17, 15) is 46.2 Å². The molecule has 0 spiro atoms. The van der Waals surface area contributed by atoms with Crippen LogP contribution in [0.1, 0.15) is 36.0 Å². The van der Waals surface area contributed by atoms with Crippen molar-refractivity contribution in [3.05, 3.63) is 70.0 Å². The van der Waals surface area contributed by atoms with E-state index in [4.69, 9.17) is 11.6 Å². The molecule has 0 radical (unpaired) electrons. The fourth-order valence-electron chi connectivity index (χ4n) is 6.12. The van der Waals surface area contributed by atoms with Crippen molar-refractivity contribution in [1.82, 2.24) is 10.2 Å². The third-order valence-electron chi connectivity index (χ3n) is 8.51. The number of carbonyl (C=O) groups excluding carboxylic acids is 3. The highest BCUT2D eigenvalue weighted by molar-refractivity contribution is 7.92. The summed E-state index contributed by atoms with van der Waals surface area (Å²) in [5.74, 6) is -6.73. The minimum absolute atomic E-state index is 0.0209. The van der Waals surface area contributed by atoms with Gasteiger partial charge in [0.05, 0.1) is 40.5 Å². The van der Waals surface area contributed by atoms with Gasteiger partial charge in [0.1, 0.15) is 6.04 Å². The molecule has 1 aliphatic heterocycles. The fourth-order valence-corrected chi connectivity index (χ4v) is 8.41. The van der Waals surface area contributed by atoms with Crippen LogP contribution in [0.5, 0.6) is 0 Å². The number of nitrogens with one attached hydrogen (secondary N) is 2. The van der Waals surface area contributed by atoms with Crippen molar-refractivity contribution in [2.75, 3.05) is 25.5 Å². The van der Waals surface area contributed by atoms with E-state index in [0.29, 0.717) is 17.7 Å². The van der Waals surface area contributed by atoms with Crippen LogP contribution in [0, 0.1) is 23.4 Å². The molecule has 2 aromatic rings. The second kappa shape index (κ2) is 12.3. The van der Waals surface area contributed by atoms with Gasteiger partial charge in [0.2, 0.25) is 5.91 Å². The lowest BCUT2D eigenvalue weighted by atomic mass is 9.61. The quantitative estimate of drug-likeness (QED) is 0.246. The topological polar surface area (TPSA) is 162 Å². The number of amides is 3. The van der Waals surface area contributed by atoms with Crippen molar-refractivity contribution < 1.29 is 50.9 Å². The van der Waals surface area contributed by atoms with Gasteiger partial charge in [-0.3, -0.25) is 14.5 Å². The smallest absolute Gasteiger partial charge is 0.410 e. The summed E-state index contributed by atoms with van der Waals surface area (Å²) in [6.45, 7) is -0.0294. The largest absolute Gasteiger partial charge is 0.453 e. The Labute approximate surface area is 260 Å². The Bertz CT molecular complexity index is 1680. The van der Waals surface area contributed by atoms with Crippen LogP contribution in [0.3, 0.4) is 0 Å². The van der Waals surface area contributed by atoms with Gasteiger partial charge in [0.25, 0.3) is 5.91 Å². The van der Waals surface area contributed by atoms with Gasteiger partial charge >= 0.3 is 6.09 Å². The van der Waals surface area contributed by atoms with Crippen LogP contribution in [0.4, 0.5) is 23.7 Å². The number of nitrogens with zero attached hydrogens (tertiary/aromatic N) is 1. The fraction of sp³-hybridized carbons (Fsp3) is 0.414. The number of ether oxygens (including phenoxy) is 1. The molecule has 1 heterocycles. The lowest BCUT2D eigenvalue weighted by molar-refractivity contribution is -0.125. The van der Waals surface area contributed by atoms with Gasteiger partial charge in [0, 0.05) is 42.3 Å². The van der Waals surface area contributed by atoms with E-state index in [2.05, 4.69) is 15.4 Å². The molecule has 45 heavy (non-hydrogen) atoms. The average Bonchev–Trinajstić information content (AvgIpc) is 3.41. The van der Waals surface area contributed by atoms with Crippen LogP contribution in [-0.2, 0) is 19.4 Å². The number of halogens is 4. The van der Waals surface area contributed by atoms with Crippen molar-refractivity contribution in [2.45, 2.75) is 53.6 Å². The number of fused-ring (bicyclic) bond motifs is 2. The summed E-state index contributed by atoms with van der Waals surface area (Å²) < 4.78 is 72.4. The Morgan fingerprint density at radius 1 is 1.13 bits per heavy atom. The van der Waals surface area contributed by atoms with Crippen molar-refractivity contribution in [3.63, 3.8) is 0 Å². The Balaban J connectivity index is 1.22. The lowest BCUT2D eigenvalue weighted by Crippen LogP contribution is -2.55. The standard InChI is InChI=1S/C29H29ClF3N3O8S/c1-44-28(40)36-13-18(37)12-23(36)27(39)34-5-4-29(41)15-7-16(29)9-19(8-15)45(42,43)24-6-14(2-3-20(24)30)26(38)35-17-10-21(31)25(33)22(32)11-17/h2-3,6-7,10-11,15,18-19,23,37,41H,4-5,8-9,12-13H2,1H3,(H,34,39)(H,35,38)/t15?,18-,19?,23+,29-/m1/s1. The van der Waals surface area contributed by atoms with Gasteiger partial charge < -0.3 is 25.6 Å². The molecule has 11 nitrogen and oxygen atoms in total. The number of anilines is 1. The van der Waals surface area contributed by atoms with E-state index >= 15 is 0 Å². The highest BCUT2D eigenvalue weighted by Crippen LogP contribution is 2.52. The number of aliphatic hydroxyl groups is 2. The highest BCUT2D eigenvalue weighted by Gasteiger charge is 2.54. The zero-order valence-electron chi connectivity index (χ0n) is 23.7. The molecule has 4 aliphatic rings. The molecule has 3 amide bonds. The molecule has 242 valence electrons. The Hall–Kier alpha value is -3.66. The first-order chi connectivity index (χ1) is 21.1. The maximum absolute atomic E-state index is 13.6. The van der Waals surface area contributed by atoms with Crippen LogP contribution < -0.4 is 10.6 Å². The van der Waals surface area contributed by atoms with Gasteiger partial charge in [-0.2, -0.15) is 0 Å². The molecule has 6 rings (SSSR count). The van der Waals surface area contributed by atoms with Crippen molar-refractivity contribution in [3.8, 4) is 0 Å². The van der Waals surface area contributed by atoms with Crippen LogP contribution in [0.25, 0.3) is 0 Å². The maximum Gasteiger partial charge on any atom is 0.410 e. The molecule has 2 aromatic carbocycles. The predicted octanol–water partition coefficient (Wildman–Crippen LogP) is 2.94. The number of methoxy groups -OCH3 is 1. The molecular formula is C29H29ClF3N3O8S. The van der Waals surface area contributed by atoms with E-state index in [1.165, 1.54) is 12.1 Å². The molecule has 0 aromatic heterocycles. The minimum atomic E-state index is -4.14. The molecule has 4 N–H and O–H groups in total. The normalized spacial score (nSPS) is 25.7. The number of carbonyl (C=O) groups is 3. The monoisotopic (exact) mass is 671 g/mol. The third-order valence-corrected chi connectivity index (χ3v) is 11.1. The number of aliphatic hydroxyl groups excluding tert-OH is 1. The lowest BCUT2D eigenvalue weighted by Gasteiger charge is -2.51. The molecule has 2 bridgehead atoms. The number of likely N-dealkylation sites (tertiary alicyclic amines) is 1. The Morgan fingerprint density at radius 3 is 2.44 bits per heavy atom. The Morgan fingerprint density at radius 2 is 1.82 bits per heavy atom. The zero-order valence-corrected chi connectivity index (χ0v) is 25.3. The van der Waals surface area contributed by atoms with Gasteiger partial charge in [-0.25, -0.2) is 26.4 Å². The first-order valence-electron chi connectivity index (χ1n) is 13.9. The second-order valence-corrected chi connectivity index (χ2v) is 13.9. The summed E-state index contributed by atoms with van der Waals surface area (Å²) in [5.41, 5.74) is -1.45. The molecule has 1 saturated heterocycles. The number of β-amino-alcohol motifs (C(OH)–C–C–N with tert-alkyl or cyclic N) is 1. The van der Waals surface area contributed by atoms with Gasteiger partial charge in [-0.15, -0.1) is 0 Å². The number of sulfone groups is 1. The molecule has 3 aliphatic carbocycles. The maximum atomic E-state index is 13.6. The van der Waals surface area contributed by atoms with E-state index in [1.54, 1.807) is 6.08 Å². The summed E-state index contributed by atoms with van der Waals surface area (Å²) in [6, 6.07) is 3.68. The number of hydrogen-bond acceptors (Lipinski definition) is 8. The van der Waals surface area contributed by atoms with Crippen molar-refractivity contribution in [2.24, 2.45) is 5.92 Å². The Kier molecular flexibility index (Phi) is 8.92. The molecule has 1 saturated carbocycles. The zero-order chi connectivity index (χ0) is 32.8. The number of hydrogen-bond donors (Lipinski definition) is 4. The molecule has 16 heteroatoms. The highest BCUT2D eigenvalue weighted by atomic mass is 35.5. The summed E-state index contributed by atoms with van der Waals surface area (Å²) >= 11 is 6.22. The summed E-state index contributed by atoms with van der Waals surface area (Å²) in [6.07, 6.45) is 0.251. The predicted molar refractivity (Wildman–Crippen MR) is 154 cm³/mol. The van der Waals surface area contributed by atoms with Crippen LogP contribution in [0.2, 0.25) is 5.02 Å². The molecule has 5 atom stereocenters. The summed E-state index contributed by atoms with van der Waals surface area (Å²) in [5, 5.41) is 24.9. The summed E-state index contributed by atoms with van der Waals surface area (Å²) in [7, 11) is -2.97. The number of rotatable bonds is 8. The van der Waals surface area contributed by atoms with Gasteiger partial charge in [-0.1, -0.05) is 17.7 Å². The van der Waals surface area contributed by atoms with Gasteiger partial charge in [0.15, 0.2) is 27.3 Å². The first kappa shape index (κ1) is 32.7. The van der Waals surface area contributed by atoms with Crippen molar-refractivity contribution >= 4 is 45.0 Å². The molecular weight excluding hydrogens is 643 g/mol.